The summed E-state index contributed by atoms with van der Waals surface area (Å²) < 4.78 is 28.9. The Balaban J connectivity index is 0.00000320. The summed E-state index contributed by atoms with van der Waals surface area (Å²) in [6.45, 7) is 8.11. The van der Waals surface area contributed by atoms with Gasteiger partial charge in [0.2, 0.25) is 5.79 Å². The molecule has 2 atom stereocenters. The van der Waals surface area contributed by atoms with Crippen LogP contribution in [0, 0.1) is 18.6 Å². The van der Waals surface area contributed by atoms with Gasteiger partial charge >= 0.3 is 0 Å². The van der Waals surface area contributed by atoms with Crippen molar-refractivity contribution in [3.63, 3.8) is 0 Å². The van der Waals surface area contributed by atoms with Gasteiger partial charge in [-0.3, -0.25) is 10.6 Å². The quantitative estimate of drug-likeness (QED) is 0.520. The number of β-amino-alcohol motifs (C(OH)–C–C–N with tert-alkyl or cyclic N) is 1. The van der Waals surface area contributed by atoms with Crippen molar-refractivity contribution in [3.05, 3.63) is 65.3 Å². The number of nitrogens with zero attached hydrogens (tertiary/aromatic N) is 6. The Morgan fingerprint density at radius 1 is 1.16 bits per heavy atom. The Hall–Kier alpha value is -2.99. The Labute approximate surface area is 221 Å². The van der Waals surface area contributed by atoms with Crippen molar-refractivity contribution in [2.24, 2.45) is 10.7 Å². The van der Waals surface area contributed by atoms with Gasteiger partial charge in [-0.1, -0.05) is 12.2 Å². The molecule has 1 unspecified atom stereocenters. The number of aromatic nitrogens is 2. The van der Waals surface area contributed by atoms with E-state index in [1.54, 1.807) is 17.2 Å². The molecule has 12 heteroatoms. The van der Waals surface area contributed by atoms with Crippen molar-refractivity contribution in [1.29, 1.82) is 0 Å². The highest BCUT2D eigenvalue weighted by molar-refractivity contribution is 5.85. The van der Waals surface area contributed by atoms with E-state index in [2.05, 4.69) is 33.3 Å². The Morgan fingerprint density at radius 2 is 1.89 bits per heavy atom. The third-order valence-electron chi connectivity index (χ3n) is 7.04. The van der Waals surface area contributed by atoms with Gasteiger partial charge in [0.05, 0.1) is 18.6 Å². The maximum absolute atomic E-state index is 13.6. The number of halogens is 3. The minimum atomic E-state index is -1.15. The molecule has 0 aliphatic carbocycles. The summed E-state index contributed by atoms with van der Waals surface area (Å²) in [7, 11) is 0. The maximum atomic E-state index is 13.6. The molecule has 0 saturated carbocycles. The molecule has 2 fully saturated rings. The smallest absolute Gasteiger partial charge is 0.228 e. The van der Waals surface area contributed by atoms with Crippen molar-refractivity contribution in [3.8, 4) is 0 Å². The molecule has 1 aromatic carbocycles. The zero-order valence-electron chi connectivity index (χ0n) is 20.9. The van der Waals surface area contributed by atoms with Crippen LogP contribution in [0.4, 0.5) is 14.5 Å². The SMILES string of the molecule is Cc1c(/C=C/CN2CCN(c3cc(F)cc(F)c3)C[C@@H]2C)cnn1C1(N)C=C(N2CC(O)C2)NC=N1.Cl. The first kappa shape index (κ1) is 27.1. The molecule has 37 heavy (non-hydrogen) atoms. The van der Waals surface area contributed by atoms with E-state index in [9.17, 15) is 13.9 Å². The predicted octanol–water partition coefficient (Wildman–Crippen LogP) is 1.83. The van der Waals surface area contributed by atoms with Gasteiger partial charge in [0.25, 0.3) is 0 Å². The molecule has 4 N–H and O–H groups in total. The van der Waals surface area contributed by atoms with Crippen LogP contribution in [0.15, 0.2) is 47.4 Å². The van der Waals surface area contributed by atoms with Crippen LogP contribution in [0.3, 0.4) is 0 Å². The number of nitrogens with two attached hydrogens (primary N) is 1. The van der Waals surface area contributed by atoms with Crippen LogP contribution in [-0.2, 0) is 5.79 Å². The number of aliphatic hydroxyl groups is 1. The molecule has 3 aliphatic heterocycles. The molecule has 0 bridgehead atoms. The van der Waals surface area contributed by atoms with Crippen LogP contribution in [0.25, 0.3) is 6.08 Å². The topological polar surface area (TPSA) is 98.2 Å². The molecular formula is C25H33ClF2N8O. The molecule has 0 radical (unpaired) electrons. The molecule has 0 spiro atoms. The molecular weight excluding hydrogens is 502 g/mol. The van der Waals surface area contributed by atoms with E-state index >= 15 is 0 Å². The highest BCUT2D eigenvalue weighted by Crippen LogP contribution is 2.25. The standard InChI is InChI=1S/C25H32F2N8O.ClH/c1-17-13-33(22-9-20(26)8-21(27)10-22)7-6-32(17)5-3-4-19-12-31-35(18(19)2)25(28)11-24(29-16-30-25)34-14-23(36)15-34;/h3-4,8-12,16-17,23,36H,5-7,13-15,28H2,1-2H3,(H,29,30);1H/b4-3+;/t17-,25?;/m0./s1. The highest BCUT2D eigenvalue weighted by Gasteiger charge is 2.34. The monoisotopic (exact) mass is 534 g/mol. The molecule has 3 aliphatic rings. The van der Waals surface area contributed by atoms with Crippen LogP contribution >= 0.6 is 12.4 Å². The molecule has 2 saturated heterocycles. The Morgan fingerprint density at radius 3 is 2.57 bits per heavy atom. The third kappa shape index (κ3) is 5.64. The number of aliphatic hydroxyl groups excluding tert-OH is 1. The third-order valence-corrected chi connectivity index (χ3v) is 7.04. The summed E-state index contributed by atoms with van der Waals surface area (Å²) in [6.07, 6.45) is 8.97. The average Bonchev–Trinajstić information content (AvgIpc) is 3.18. The Kier molecular flexibility index (Phi) is 7.88. The average molecular weight is 535 g/mol. The van der Waals surface area contributed by atoms with E-state index in [1.165, 1.54) is 12.1 Å². The first-order valence-electron chi connectivity index (χ1n) is 12.1. The van der Waals surface area contributed by atoms with Gasteiger partial charge in [-0.25, -0.2) is 18.5 Å². The predicted molar refractivity (Wildman–Crippen MR) is 142 cm³/mol. The molecule has 4 heterocycles. The van der Waals surface area contributed by atoms with Gasteiger partial charge in [-0.2, -0.15) is 5.10 Å². The number of anilines is 1. The van der Waals surface area contributed by atoms with Crippen LogP contribution in [-0.4, -0.2) is 82.4 Å². The lowest BCUT2D eigenvalue weighted by atomic mass is 10.1. The van der Waals surface area contributed by atoms with Crippen LogP contribution in [0.2, 0.25) is 0 Å². The van der Waals surface area contributed by atoms with Crippen molar-refractivity contribution in [1.82, 2.24) is 24.9 Å². The number of hydrogen-bond donors (Lipinski definition) is 3. The summed E-state index contributed by atoms with van der Waals surface area (Å²) in [6, 6.07) is 3.88. The van der Waals surface area contributed by atoms with Gasteiger partial charge in [0.15, 0.2) is 0 Å². The van der Waals surface area contributed by atoms with E-state index < -0.39 is 17.4 Å². The Bertz CT molecular complexity index is 1190. The zero-order chi connectivity index (χ0) is 25.4. The van der Waals surface area contributed by atoms with Crippen LogP contribution in [0.1, 0.15) is 18.2 Å². The second-order valence-electron chi connectivity index (χ2n) is 9.69. The van der Waals surface area contributed by atoms with Crippen LogP contribution in [0.5, 0.6) is 0 Å². The maximum Gasteiger partial charge on any atom is 0.228 e. The van der Waals surface area contributed by atoms with Gasteiger partial charge < -0.3 is 20.2 Å². The fourth-order valence-electron chi connectivity index (χ4n) is 4.92. The number of aliphatic imine (C=N–C) groups is 1. The molecule has 200 valence electrons. The lowest BCUT2D eigenvalue weighted by Crippen LogP contribution is -2.55. The van der Waals surface area contributed by atoms with Gasteiger partial charge in [-0.05, 0) is 26.0 Å². The largest absolute Gasteiger partial charge is 0.389 e. The van der Waals surface area contributed by atoms with E-state index in [1.807, 2.05) is 28.9 Å². The highest BCUT2D eigenvalue weighted by atomic mass is 35.5. The van der Waals surface area contributed by atoms with Crippen molar-refractivity contribution >= 4 is 30.5 Å². The summed E-state index contributed by atoms with van der Waals surface area (Å²) >= 11 is 0. The minimum absolute atomic E-state index is 0. The lowest BCUT2D eigenvalue weighted by molar-refractivity contribution is 0.0204. The first-order chi connectivity index (χ1) is 17.2. The lowest BCUT2D eigenvalue weighted by Gasteiger charge is -2.41. The van der Waals surface area contributed by atoms with Crippen molar-refractivity contribution in [2.45, 2.75) is 31.8 Å². The molecule has 0 amide bonds. The number of piperazine rings is 1. The molecule has 1 aromatic heterocycles. The number of nitrogens with one attached hydrogen (secondary N) is 1. The number of benzene rings is 1. The van der Waals surface area contributed by atoms with Gasteiger partial charge in [-0.15, -0.1) is 12.4 Å². The molecule has 5 rings (SSSR count). The second-order valence-corrected chi connectivity index (χ2v) is 9.69. The summed E-state index contributed by atoms with van der Waals surface area (Å²) in [5, 5.41) is 17.2. The van der Waals surface area contributed by atoms with Crippen molar-refractivity contribution < 1.29 is 13.9 Å². The summed E-state index contributed by atoms with van der Waals surface area (Å²) in [4.78, 5) is 10.8. The normalized spacial score (nSPS) is 24.6. The number of likely N-dealkylation sites (tertiary alicyclic amines) is 1. The van der Waals surface area contributed by atoms with E-state index in [0.717, 1.165) is 36.2 Å². The minimum Gasteiger partial charge on any atom is -0.389 e. The second kappa shape index (κ2) is 10.8. The van der Waals surface area contributed by atoms with E-state index in [4.69, 9.17) is 5.73 Å². The van der Waals surface area contributed by atoms with Gasteiger partial charge in [0, 0.05) is 74.4 Å². The van der Waals surface area contributed by atoms with Gasteiger partial charge in [0.1, 0.15) is 17.5 Å². The zero-order valence-corrected chi connectivity index (χ0v) is 21.7. The number of rotatable bonds is 6. The van der Waals surface area contributed by atoms with Crippen molar-refractivity contribution in [2.75, 3.05) is 44.2 Å². The summed E-state index contributed by atoms with van der Waals surface area (Å²) in [5.74, 6) is -1.46. The number of hydrogen-bond acceptors (Lipinski definition) is 8. The molecule has 9 nitrogen and oxygen atoms in total. The fourth-order valence-corrected chi connectivity index (χ4v) is 4.92. The molecule has 2 aromatic rings. The van der Waals surface area contributed by atoms with E-state index in [-0.39, 0.29) is 24.6 Å². The first-order valence-corrected chi connectivity index (χ1v) is 12.1. The summed E-state index contributed by atoms with van der Waals surface area (Å²) in [5.41, 5.74) is 9.01. The van der Waals surface area contributed by atoms with Crippen LogP contribution < -0.4 is 16.0 Å². The van der Waals surface area contributed by atoms with E-state index in [0.29, 0.717) is 31.9 Å². The fraction of sp³-hybridized carbons (Fsp3) is 0.440.